The predicted octanol–water partition coefficient (Wildman–Crippen LogP) is 3.11. The summed E-state index contributed by atoms with van der Waals surface area (Å²) in [6.45, 7) is 0.811. The first-order valence-corrected chi connectivity index (χ1v) is 6.56. The van der Waals surface area contributed by atoms with Crippen LogP contribution >= 0.6 is 11.3 Å². The lowest BCUT2D eigenvalue weighted by atomic mass is 10.2. The number of hydrogen-bond acceptors (Lipinski definition) is 3. The lowest BCUT2D eigenvalue weighted by Gasteiger charge is -2.07. The maximum absolute atomic E-state index is 11.1. The summed E-state index contributed by atoms with van der Waals surface area (Å²) in [5, 5.41) is 12.7. The largest absolute Gasteiger partial charge is 0.381 e. The second-order valence-electron chi connectivity index (χ2n) is 3.77. The molecular formula is C13H15N3OS. The number of thiophene rings is 1. The van der Waals surface area contributed by atoms with Crippen LogP contribution in [0.4, 0.5) is 16.2 Å². The maximum atomic E-state index is 11.1. The van der Waals surface area contributed by atoms with Crippen molar-refractivity contribution >= 4 is 28.7 Å². The second-order valence-corrected chi connectivity index (χ2v) is 4.55. The zero-order valence-corrected chi connectivity index (χ0v) is 10.9. The molecule has 4 nitrogen and oxygen atoms in total. The van der Waals surface area contributed by atoms with E-state index in [1.807, 2.05) is 24.3 Å². The van der Waals surface area contributed by atoms with Crippen molar-refractivity contribution in [3.8, 4) is 0 Å². The van der Waals surface area contributed by atoms with E-state index in [-0.39, 0.29) is 6.03 Å². The van der Waals surface area contributed by atoms with Crippen molar-refractivity contribution in [3.63, 3.8) is 0 Å². The molecule has 0 aliphatic rings. The summed E-state index contributed by atoms with van der Waals surface area (Å²) >= 11 is 1.69. The first kappa shape index (κ1) is 12.4. The Morgan fingerprint density at radius 1 is 1.17 bits per heavy atom. The number of benzene rings is 1. The molecule has 0 saturated heterocycles. The van der Waals surface area contributed by atoms with Crippen LogP contribution in [0.5, 0.6) is 0 Å². The zero-order chi connectivity index (χ0) is 12.8. The monoisotopic (exact) mass is 261 g/mol. The summed E-state index contributed by atoms with van der Waals surface area (Å²) in [6.07, 6.45) is 0. The summed E-state index contributed by atoms with van der Waals surface area (Å²) in [7, 11) is 1.59. The third-order valence-electron chi connectivity index (χ3n) is 2.45. The van der Waals surface area contributed by atoms with Crippen LogP contribution < -0.4 is 16.0 Å². The molecule has 0 aliphatic heterocycles. The lowest BCUT2D eigenvalue weighted by Crippen LogP contribution is -2.24. The number of carbonyl (C=O) groups is 1. The molecule has 94 valence electrons. The van der Waals surface area contributed by atoms with Gasteiger partial charge in [0.2, 0.25) is 0 Å². The molecule has 18 heavy (non-hydrogen) atoms. The van der Waals surface area contributed by atoms with Crippen molar-refractivity contribution in [2.24, 2.45) is 0 Å². The van der Waals surface area contributed by atoms with Gasteiger partial charge in [-0.2, -0.15) is 11.3 Å². The number of nitrogens with one attached hydrogen (secondary N) is 3. The smallest absolute Gasteiger partial charge is 0.318 e. The highest BCUT2D eigenvalue weighted by atomic mass is 32.1. The number of amides is 2. The highest BCUT2D eigenvalue weighted by molar-refractivity contribution is 7.07. The topological polar surface area (TPSA) is 53.2 Å². The minimum atomic E-state index is -0.214. The highest BCUT2D eigenvalue weighted by Crippen LogP contribution is 2.15. The molecule has 0 fully saturated rings. The van der Waals surface area contributed by atoms with E-state index in [4.69, 9.17) is 0 Å². The minimum Gasteiger partial charge on any atom is -0.381 e. The average molecular weight is 261 g/mol. The molecule has 0 saturated carbocycles. The minimum absolute atomic E-state index is 0.214. The number of urea groups is 1. The quantitative estimate of drug-likeness (QED) is 0.792. The van der Waals surface area contributed by atoms with Crippen LogP contribution in [0.3, 0.4) is 0 Å². The van der Waals surface area contributed by atoms with Crippen LogP contribution in [-0.4, -0.2) is 13.1 Å². The summed E-state index contributed by atoms with van der Waals surface area (Å²) in [4.78, 5) is 11.1. The molecule has 0 aliphatic carbocycles. The summed E-state index contributed by atoms with van der Waals surface area (Å²) in [5.74, 6) is 0. The molecule has 2 aromatic rings. The Morgan fingerprint density at radius 3 is 2.50 bits per heavy atom. The van der Waals surface area contributed by atoms with Crippen molar-refractivity contribution in [1.82, 2.24) is 5.32 Å². The molecule has 3 N–H and O–H groups in total. The Hall–Kier alpha value is -2.01. The highest BCUT2D eigenvalue weighted by Gasteiger charge is 1.98. The number of rotatable bonds is 4. The molecule has 0 unspecified atom stereocenters. The van der Waals surface area contributed by atoms with Gasteiger partial charge in [-0.15, -0.1) is 0 Å². The van der Waals surface area contributed by atoms with Gasteiger partial charge in [0.1, 0.15) is 0 Å². The molecule has 5 heteroatoms. The summed E-state index contributed by atoms with van der Waals surface area (Å²) in [5.41, 5.74) is 3.08. The van der Waals surface area contributed by atoms with Gasteiger partial charge in [-0.1, -0.05) is 0 Å². The third kappa shape index (κ3) is 3.49. The van der Waals surface area contributed by atoms with Gasteiger partial charge < -0.3 is 16.0 Å². The Morgan fingerprint density at radius 2 is 1.89 bits per heavy atom. The Bertz CT molecular complexity index is 493. The molecule has 0 bridgehead atoms. The maximum Gasteiger partial charge on any atom is 0.318 e. The molecule has 2 rings (SSSR count). The van der Waals surface area contributed by atoms with Gasteiger partial charge in [0.05, 0.1) is 0 Å². The molecule has 1 heterocycles. The zero-order valence-electron chi connectivity index (χ0n) is 10.1. The average Bonchev–Trinajstić information content (AvgIpc) is 2.91. The van der Waals surface area contributed by atoms with Crippen LogP contribution in [0.2, 0.25) is 0 Å². The normalized spacial score (nSPS) is 9.83. The van der Waals surface area contributed by atoms with Crippen molar-refractivity contribution in [1.29, 1.82) is 0 Å². The Labute approximate surface area is 110 Å². The lowest BCUT2D eigenvalue weighted by molar-refractivity contribution is 0.254. The van der Waals surface area contributed by atoms with Crippen LogP contribution in [0.25, 0.3) is 0 Å². The third-order valence-corrected chi connectivity index (χ3v) is 3.18. The number of hydrogen-bond donors (Lipinski definition) is 3. The van der Waals surface area contributed by atoms with Crippen molar-refractivity contribution in [2.75, 3.05) is 17.7 Å². The fraction of sp³-hybridized carbons (Fsp3) is 0.154. The van der Waals surface area contributed by atoms with Crippen LogP contribution in [0.15, 0.2) is 41.1 Å². The molecule has 0 radical (unpaired) electrons. The van der Waals surface area contributed by atoms with E-state index in [9.17, 15) is 4.79 Å². The van der Waals surface area contributed by atoms with Gasteiger partial charge in [0.15, 0.2) is 0 Å². The predicted molar refractivity (Wildman–Crippen MR) is 76.2 cm³/mol. The fourth-order valence-electron chi connectivity index (χ4n) is 1.46. The van der Waals surface area contributed by atoms with Crippen molar-refractivity contribution in [3.05, 3.63) is 46.7 Å². The van der Waals surface area contributed by atoms with E-state index in [0.717, 1.165) is 17.9 Å². The molecule has 1 aromatic carbocycles. The van der Waals surface area contributed by atoms with Gasteiger partial charge in [-0.3, -0.25) is 0 Å². The van der Waals surface area contributed by atoms with Gasteiger partial charge in [-0.25, -0.2) is 4.79 Å². The molecule has 0 atom stereocenters. The van der Waals surface area contributed by atoms with Gasteiger partial charge in [0, 0.05) is 25.0 Å². The number of anilines is 2. The molecular weight excluding hydrogens is 246 g/mol. The van der Waals surface area contributed by atoms with E-state index in [2.05, 4.69) is 32.8 Å². The van der Waals surface area contributed by atoms with Crippen LogP contribution in [-0.2, 0) is 6.54 Å². The fourth-order valence-corrected chi connectivity index (χ4v) is 2.13. The SMILES string of the molecule is CNC(=O)Nc1ccc(NCc2ccsc2)cc1. The van der Waals surface area contributed by atoms with Gasteiger partial charge in [-0.05, 0) is 46.7 Å². The Kier molecular flexibility index (Phi) is 4.20. The van der Waals surface area contributed by atoms with Crippen LogP contribution in [0.1, 0.15) is 5.56 Å². The first-order chi connectivity index (χ1) is 8.78. The van der Waals surface area contributed by atoms with Gasteiger partial charge in [0.25, 0.3) is 0 Å². The summed E-state index contributed by atoms with van der Waals surface area (Å²) < 4.78 is 0. The van der Waals surface area contributed by atoms with Gasteiger partial charge >= 0.3 is 6.03 Å². The second kappa shape index (κ2) is 6.07. The van der Waals surface area contributed by atoms with E-state index in [1.165, 1.54) is 5.56 Å². The van der Waals surface area contributed by atoms with E-state index in [0.29, 0.717) is 0 Å². The molecule has 2 amide bonds. The van der Waals surface area contributed by atoms with E-state index in [1.54, 1.807) is 18.4 Å². The standard InChI is InChI=1S/C13H15N3OS/c1-14-13(17)16-12-4-2-11(3-5-12)15-8-10-6-7-18-9-10/h2-7,9,15H,8H2,1H3,(H2,14,16,17). The van der Waals surface area contributed by atoms with Crippen molar-refractivity contribution < 1.29 is 4.79 Å². The van der Waals surface area contributed by atoms with E-state index < -0.39 is 0 Å². The van der Waals surface area contributed by atoms with Crippen LogP contribution in [0, 0.1) is 0 Å². The van der Waals surface area contributed by atoms with Crippen molar-refractivity contribution in [2.45, 2.75) is 6.54 Å². The summed E-state index contributed by atoms with van der Waals surface area (Å²) in [6, 6.07) is 9.50. The number of carbonyl (C=O) groups excluding carboxylic acids is 1. The Balaban J connectivity index is 1.89. The van der Waals surface area contributed by atoms with E-state index >= 15 is 0 Å². The first-order valence-electron chi connectivity index (χ1n) is 5.61. The molecule has 1 aromatic heterocycles. The molecule has 0 spiro atoms.